The van der Waals surface area contributed by atoms with Gasteiger partial charge in [-0.1, -0.05) is 0 Å². The van der Waals surface area contributed by atoms with Crippen molar-refractivity contribution in [3.05, 3.63) is 35.2 Å². The highest BCUT2D eigenvalue weighted by Gasteiger charge is 2.29. The van der Waals surface area contributed by atoms with Crippen LogP contribution < -0.4 is 4.90 Å². The van der Waals surface area contributed by atoms with E-state index in [0.717, 1.165) is 0 Å². The molecule has 9 heteroatoms. The summed E-state index contributed by atoms with van der Waals surface area (Å²) in [7, 11) is 0. The summed E-state index contributed by atoms with van der Waals surface area (Å²) < 4.78 is 10.5. The van der Waals surface area contributed by atoms with E-state index in [1.54, 1.807) is 27.3 Å². The lowest BCUT2D eigenvalue weighted by Crippen LogP contribution is -2.40. The molecule has 0 bridgehead atoms. The second-order valence-electron chi connectivity index (χ2n) is 6.54. The predicted octanol–water partition coefficient (Wildman–Crippen LogP) is 2.70. The Morgan fingerprint density at radius 3 is 2.71 bits per heavy atom. The number of hydrogen-bond donors (Lipinski definition) is 0. The van der Waals surface area contributed by atoms with E-state index in [0.29, 0.717) is 49.1 Å². The Kier molecular flexibility index (Phi) is 6.45. The van der Waals surface area contributed by atoms with E-state index in [1.165, 1.54) is 24.5 Å². The Labute approximate surface area is 167 Å². The molecule has 1 aliphatic heterocycles. The molecule has 3 rings (SSSR count). The van der Waals surface area contributed by atoms with Crippen LogP contribution in [0.2, 0.25) is 0 Å². The molecule has 0 atom stereocenters. The van der Waals surface area contributed by atoms with Gasteiger partial charge in [-0.2, -0.15) is 0 Å². The van der Waals surface area contributed by atoms with Gasteiger partial charge in [-0.25, -0.2) is 4.98 Å². The minimum absolute atomic E-state index is 0.0729. The van der Waals surface area contributed by atoms with Crippen molar-refractivity contribution in [1.82, 2.24) is 9.88 Å². The highest BCUT2D eigenvalue weighted by atomic mass is 32.1. The van der Waals surface area contributed by atoms with Crippen LogP contribution in [0, 0.1) is 5.92 Å². The number of anilines is 1. The zero-order chi connectivity index (χ0) is 20.1. The maximum Gasteiger partial charge on any atom is 0.309 e. The second kappa shape index (κ2) is 9.01. The Hall–Kier alpha value is -2.68. The van der Waals surface area contributed by atoms with Gasteiger partial charge < -0.3 is 14.1 Å². The van der Waals surface area contributed by atoms with Gasteiger partial charge in [-0.15, -0.1) is 11.3 Å². The van der Waals surface area contributed by atoms with E-state index < -0.39 is 0 Å². The summed E-state index contributed by atoms with van der Waals surface area (Å²) in [6, 6.07) is 3.31. The quantitative estimate of drug-likeness (QED) is 0.686. The summed E-state index contributed by atoms with van der Waals surface area (Å²) in [5.41, 5.74) is 0.624. The molecule has 3 heterocycles. The lowest BCUT2D eigenvalue weighted by atomic mass is 9.97. The molecule has 1 saturated heterocycles. The van der Waals surface area contributed by atoms with Crippen molar-refractivity contribution in [1.29, 1.82) is 0 Å². The van der Waals surface area contributed by atoms with Crippen molar-refractivity contribution in [3.63, 3.8) is 0 Å². The minimum atomic E-state index is -0.279. The summed E-state index contributed by atoms with van der Waals surface area (Å²) in [6.07, 6.45) is 2.58. The van der Waals surface area contributed by atoms with Gasteiger partial charge in [0.15, 0.2) is 10.9 Å². The van der Waals surface area contributed by atoms with Crippen LogP contribution in [0.4, 0.5) is 5.13 Å². The predicted molar refractivity (Wildman–Crippen MR) is 103 cm³/mol. The topological polar surface area (TPSA) is 93.0 Å². The van der Waals surface area contributed by atoms with E-state index in [4.69, 9.17) is 9.15 Å². The van der Waals surface area contributed by atoms with Crippen LogP contribution in [0.1, 0.15) is 42.9 Å². The minimum Gasteiger partial charge on any atom is -0.459 e. The van der Waals surface area contributed by atoms with Crippen molar-refractivity contribution in [2.45, 2.75) is 33.3 Å². The van der Waals surface area contributed by atoms with Crippen molar-refractivity contribution < 1.29 is 23.5 Å². The van der Waals surface area contributed by atoms with Crippen LogP contribution >= 0.6 is 11.3 Å². The highest BCUT2D eigenvalue weighted by molar-refractivity contribution is 7.14. The number of esters is 1. The van der Waals surface area contributed by atoms with Gasteiger partial charge in [-0.05, 0) is 31.9 Å². The Morgan fingerprint density at radius 2 is 2.11 bits per heavy atom. The first kappa shape index (κ1) is 20.1. The van der Waals surface area contributed by atoms with Crippen molar-refractivity contribution in [2.75, 3.05) is 24.5 Å². The molecular weight excluding hydrogens is 382 g/mol. The first-order valence-corrected chi connectivity index (χ1v) is 10.1. The summed E-state index contributed by atoms with van der Waals surface area (Å²) in [6.45, 7) is 4.97. The molecule has 150 valence electrons. The second-order valence-corrected chi connectivity index (χ2v) is 7.37. The smallest absolute Gasteiger partial charge is 0.309 e. The molecule has 2 aromatic rings. The molecule has 0 radical (unpaired) electrons. The first-order valence-electron chi connectivity index (χ1n) is 9.21. The monoisotopic (exact) mass is 405 g/mol. The maximum atomic E-state index is 12.3. The van der Waals surface area contributed by atoms with Crippen LogP contribution in [-0.4, -0.2) is 47.3 Å². The molecular formula is C19H23N3O5S. The van der Waals surface area contributed by atoms with Crippen molar-refractivity contribution in [3.8, 4) is 0 Å². The third kappa shape index (κ3) is 4.59. The largest absolute Gasteiger partial charge is 0.459 e. The molecule has 0 spiro atoms. The summed E-state index contributed by atoms with van der Waals surface area (Å²) in [5, 5.41) is 2.39. The third-order valence-electron chi connectivity index (χ3n) is 4.68. The number of hydrogen-bond acceptors (Lipinski definition) is 7. The zero-order valence-electron chi connectivity index (χ0n) is 15.9. The average Bonchev–Trinajstić information content (AvgIpc) is 3.38. The number of furan rings is 1. The fourth-order valence-electron chi connectivity index (χ4n) is 3.12. The SMILES string of the molecule is CCN(C(C)=O)c1nc(COC(=O)C2CCN(C(=O)c3ccco3)CC2)cs1. The fraction of sp³-hybridized carbons (Fsp3) is 0.474. The van der Waals surface area contributed by atoms with Gasteiger partial charge in [0.1, 0.15) is 6.61 Å². The number of carbonyl (C=O) groups is 3. The van der Waals surface area contributed by atoms with E-state index in [-0.39, 0.29) is 30.3 Å². The summed E-state index contributed by atoms with van der Waals surface area (Å²) in [5.74, 6) is -0.428. The van der Waals surface area contributed by atoms with Gasteiger partial charge in [0.25, 0.3) is 5.91 Å². The van der Waals surface area contributed by atoms with Gasteiger partial charge in [0.05, 0.1) is 17.9 Å². The molecule has 8 nitrogen and oxygen atoms in total. The molecule has 28 heavy (non-hydrogen) atoms. The van der Waals surface area contributed by atoms with Gasteiger partial charge in [0, 0.05) is 31.9 Å². The number of nitrogens with zero attached hydrogens (tertiary/aromatic N) is 3. The molecule has 0 unspecified atom stereocenters. The fourth-order valence-corrected chi connectivity index (χ4v) is 4.03. The van der Waals surface area contributed by atoms with Gasteiger partial charge in [0.2, 0.25) is 5.91 Å². The number of ether oxygens (including phenoxy) is 1. The number of aromatic nitrogens is 1. The molecule has 1 aliphatic rings. The number of likely N-dealkylation sites (tertiary alicyclic amines) is 1. The maximum absolute atomic E-state index is 12.3. The highest BCUT2D eigenvalue weighted by Crippen LogP contribution is 2.23. The number of amides is 2. The number of carbonyl (C=O) groups excluding carboxylic acids is 3. The van der Waals surface area contributed by atoms with Crippen molar-refractivity contribution in [2.24, 2.45) is 5.92 Å². The molecule has 0 aliphatic carbocycles. The van der Waals surface area contributed by atoms with Crippen LogP contribution in [0.15, 0.2) is 28.2 Å². The van der Waals surface area contributed by atoms with E-state index in [9.17, 15) is 14.4 Å². The lowest BCUT2D eigenvalue weighted by Gasteiger charge is -2.30. The van der Waals surface area contributed by atoms with Crippen LogP contribution in [0.5, 0.6) is 0 Å². The third-order valence-corrected chi connectivity index (χ3v) is 5.59. The summed E-state index contributed by atoms with van der Waals surface area (Å²) >= 11 is 1.35. The molecule has 0 N–H and O–H groups in total. The Bertz CT molecular complexity index is 825. The molecule has 0 saturated carbocycles. The normalized spacial score (nSPS) is 14.7. The molecule has 2 aromatic heterocycles. The molecule has 2 amide bonds. The standard InChI is InChI=1S/C19H23N3O5S/c1-3-22(13(2)23)19-20-15(12-28-19)11-27-18(25)14-6-8-21(9-7-14)17(24)16-5-4-10-26-16/h4-5,10,12,14H,3,6-9,11H2,1-2H3. The first-order chi connectivity index (χ1) is 13.5. The van der Waals surface area contributed by atoms with Crippen LogP contribution in [0.25, 0.3) is 0 Å². The van der Waals surface area contributed by atoms with Crippen molar-refractivity contribution >= 4 is 34.3 Å². The van der Waals surface area contributed by atoms with Crippen LogP contribution in [-0.2, 0) is 20.9 Å². The number of thiazole rings is 1. The average molecular weight is 405 g/mol. The van der Waals surface area contributed by atoms with E-state index >= 15 is 0 Å². The Balaban J connectivity index is 1.47. The molecule has 1 fully saturated rings. The summed E-state index contributed by atoms with van der Waals surface area (Å²) in [4.78, 5) is 43.8. The lowest BCUT2D eigenvalue weighted by molar-refractivity contribution is -0.151. The molecule has 0 aromatic carbocycles. The zero-order valence-corrected chi connectivity index (χ0v) is 16.7. The number of rotatable bonds is 6. The van der Waals surface area contributed by atoms with Crippen LogP contribution in [0.3, 0.4) is 0 Å². The Morgan fingerprint density at radius 1 is 1.36 bits per heavy atom. The van der Waals surface area contributed by atoms with E-state index in [1.807, 2.05) is 6.92 Å². The van der Waals surface area contributed by atoms with Gasteiger partial charge >= 0.3 is 5.97 Å². The number of piperidine rings is 1. The van der Waals surface area contributed by atoms with Gasteiger partial charge in [-0.3, -0.25) is 19.3 Å². The van der Waals surface area contributed by atoms with E-state index in [2.05, 4.69) is 4.98 Å².